The molecule has 2 amide bonds. The van der Waals surface area contributed by atoms with Crippen LogP contribution in [0.4, 0.5) is 15.8 Å². The van der Waals surface area contributed by atoms with Crippen molar-refractivity contribution in [1.82, 2.24) is 0 Å². The first-order valence-electron chi connectivity index (χ1n) is 10.1. The van der Waals surface area contributed by atoms with Gasteiger partial charge in [0.15, 0.2) is 5.78 Å². The largest absolute Gasteiger partial charge is 0.373 e. The molecule has 0 unspecified atom stereocenters. The number of hydrogen-bond acceptors (Lipinski definition) is 4. The van der Waals surface area contributed by atoms with E-state index >= 15 is 0 Å². The third kappa shape index (κ3) is 3.73. The number of benzene rings is 2. The van der Waals surface area contributed by atoms with E-state index in [2.05, 4.69) is 5.32 Å². The Kier molecular flexibility index (Phi) is 5.39. The topological polar surface area (TPSA) is 86.7 Å². The molecule has 2 heterocycles. The van der Waals surface area contributed by atoms with Crippen molar-refractivity contribution in [3.8, 4) is 0 Å². The molecule has 7 heteroatoms. The molecule has 4 rings (SSSR count). The predicted molar refractivity (Wildman–Crippen MR) is 110 cm³/mol. The van der Waals surface area contributed by atoms with Gasteiger partial charge in [-0.25, -0.2) is 4.39 Å². The fraction of sp³-hybridized carbons (Fsp3) is 0.348. The van der Waals surface area contributed by atoms with E-state index in [0.29, 0.717) is 36.9 Å². The summed E-state index contributed by atoms with van der Waals surface area (Å²) in [6.45, 7) is 0.236. The molecule has 2 aromatic rings. The monoisotopic (exact) mass is 410 g/mol. The number of carbonyl (C=O) groups excluding carboxylic acids is 3. The molecule has 0 bridgehead atoms. The van der Waals surface area contributed by atoms with Gasteiger partial charge in [0.05, 0.1) is 0 Å². The Morgan fingerprint density at radius 1 is 1.17 bits per heavy atom. The molecular formula is C23H23FN2O4. The van der Waals surface area contributed by atoms with E-state index in [1.54, 1.807) is 30.3 Å². The van der Waals surface area contributed by atoms with Gasteiger partial charge in [0.25, 0.3) is 5.91 Å². The van der Waals surface area contributed by atoms with Crippen LogP contribution in [0.5, 0.6) is 0 Å². The van der Waals surface area contributed by atoms with Crippen molar-refractivity contribution in [2.75, 3.05) is 16.8 Å². The first kappa shape index (κ1) is 20.2. The van der Waals surface area contributed by atoms with E-state index < -0.39 is 17.3 Å². The predicted octanol–water partition coefficient (Wildman–Crippen LogP) is 2.77. The van der Waals surface area contributed by atoms with Crippen molar-refractivity contribution in [3.63, 3.8) is 0 Å². The molecule has 2 aliphatic heterocycles. The minimum atomic E-state index is -2.04. The zero-order valence-corrected chi connectivity index (χ0v) is 16.5. The minimum absolute atomic E-state index is 0.000629. The third-order valence-electron chi connectivity index (χ3n) is 5.86. The van der Waals surface area contributed by atoms with Gasteiger partial charge in [-0.05, 0) is 54.7 Å². The smallest absolute Gasteiger partial charge is 0.266 e. The highest BCUT2D eigenvalue weighted by Crippen LogP contribution is 2.33. The number of rotatable bonds is 6. The van der Waals surface area contributed by atoms with Crippen LogP contribution in [0.3, 0.4) is 0 Å². The number of nitrogens with one attached hydrogen (secondary N) is 1. The molecule has 2 N–H and O–H groups in total. The van der Waals surface area contributed by atoms with Crippen LogP contribution in [0.2, 0.25) is 0 Å². The number of hydrogen-bond donors (Lipinski definition) is 2. The molecule has 2 aromatic carbocycles. The van der Waals surface area contributed by atoms with Crippen molar-refractivity contribution >= 4 is 29.0 Å². The van der Waals surface area contributed by atoms with Crippen LogP contribution in [0.25, 0.3) is 0 Å². The maximum absolute atomic E-state index is 13.7. The lowest BCUT2D eigenvalue weighted by Gasteiger charge is -2.23. The Bertz CT molecular complexity index is 1020. The van der Waals surface area contributed by atoms with Gasteiger partial charge < -0.3 is 15.3 Å². The fourth-order valence-corrected chi connectivity index (χ4v) is 4.10. The van der Waals surface area contributed by atoms with E-state index in [1.807, 2.05) is 6.07 Å². The Hall–Kier alpha value is -3.06. The maximum atomic E-state index is 13.7. The Morgan fingerprint density at radius 3 is 2.77 bits per heavy atom. The lowest BCUT2D eigenvalue weighted by molar-refractivity contribution is -0.147. The van der Waals surface area contributed by atoms with Crippen molar-refractivity contribution in [2.24, 2.45) is 0 Å². The summed E-state index contributed by atoms with van der Waals surface area (Å²) in [4.78, 5) is 38.5. The van der Waals surface area contributed by atoms with Gasteiger partial charge in [-0.15, -0.1) is 0 Å². The number of aryl methyl sites for hydroxylation is 2. The first-order chi connectivity index (χ1) is 14.4. The van der Waals surface area contributed by atoms with Crippen LogP contribution in [0, 0.1) is 5.82 Å². The average Bonchev–Trinajstić information content (AvgIpc) is 3.05. The molecule has 0 spiro atoms. The van der Waals surface area contributed by atoms with Gasteiger partial charge >= 0.3 is 0 Å². The number of anilines is 2. The van der Waals surface area contributed by atoms with Crippen molar-refractivity contribution in [3.05, 3.63) is 59.4 Å². The number of nitrogens with zero attached hydrogens (tertiary/aromatic N) is 1. The average molecular weight is 410 g/mol. The molecule has 156 valence electrons. The summed E-state index contributed by atoms with van der Waals surface area (Å²) in [6, 6.07) is 11.6. The molecule has 0 radical (unpaired) electrons. The van der Waals surface area contributed by atoms with Gasteiger partial charge in [0.1, 0.15) is 5.82 Å². The Balaban J connectivity index is 1.42. The zero-order chi connectivity index (χ0) is 21.3. The molecule has 1 saturated heterocycles. The molecule has 1 atom stereocenters. The Labute approximate surface area is 173 Å². The van der Waals surface area contributed by atoms with Crippen LogP contribution in [-0.4, -0.2) is 34.8 Å². The highest BCUT2D eigenvalue weighted by atomic mass is 19.1. The van der Waals surface area contributed by atoms with Crippen LogP contribution in [-0.2, 0) is 27.2 Å². The number of halogens is 1. The van der Waals surface area contributed by atoms with E-state index in [1.165, 1.54) is 11.0 Å². The van der Waals surface area contributed by atoms with Crippen LogP contribution in [0.1, 0.15) is 36.8 Å². The highest BCUT2D eigenvalue weighted by molar-refractivity contribution is 6.17. The molecule has 6 nitrogen and oxygen atoms in total. The molecule has 0 aromatic heterocycles. The summed E-state index contributed by atoms with van der Waals surface area (Å²) in [6.07, 6.45) is 1.71. The van der Waals surface area contributed by atoms with E-state index in [-0.39, 0.29) is 31.1 Å². The van der Waals surface area contributed by atoms with Gasteiger partial charge in [-0.1, -0.05) is 18.2 Å². The van der Waals surface area contributed by atoms with Crippen LogP contribution < -0.4 is 10.2 Å². The van der Waals surface area contributed by atoms with E-state index in [0.717, 1.165) is 11.3 Å². The zero-order valence-electron chi connectivity index (χ0n) is 16.5. The number of amides is 2. The lowest BCUT2D eigenvalue weighted by atomic mass is 9.92. The second-order valence-corrected chi connectivity index (χ2v) is 7.82. The van der Waals surface area contributed by atoms with Crippen molar-refractivity contribution in [1.29, 1.82) is 0 Å². The standard InChI is InChI=1S/C23H23FN2O4/c24-18-6-2-1-4-15(18)5-3-7-20(27)23(30)12-13-26(22(23)29)17-9-10-19-16(14-17)8-11-21(28)25-19/h1-2,4,6,9-10,14,30H,3,5,7-8,11-13H2,(H,25,28)/t23-/m0/s1. The van der Waals surface area contributed by atoms with Crippen molar-refractivity contribution < 1.29 is 23.9 Å². The van der Waals surface area contributed by atoms with Crippen molar-refractivity contribution in [2.45, 2.75) is 44.1 Å². The summed E-state index contributed by atoms with van der Waals surface area (Å²) in [5.74, 6) is -1.52. The molecule has 2 aliphatic rings. The Morgan fingerprint density at radius 2 is 1.97 bits per heavy atom. The first-order valence-corrected chi connectivity index (χ1v) is 10.1. The number of carbonyl (C=O) groups is 3. The second-order valence-electron chi connectivity index (χ2n) is 7.82. The van der Waals surface area contributed by atoms with Gasteiger partial charge in [0, 0.05) is 37.2 Å². The SMILES string of the molecule is O=C1CCc2cc(N3CC[C@](O)(C(=O)CCCc4ccccc4F)C3=O)ccc2N1. The number of aliphatic hydroxyl groups is 1. The number of fused-ring (bicyclic) bond motifs is 1. The second kappa shape index (κ2) is 7.99. The molecule has 1 fully saturated rings. The van der Waals surface area contributed by atoms with Gasteiger partial charge in [-0.3, -0.25) is 14.4 Å². The summed E-state index contributed by atoms with van der Waals surface area (Å²) in [5, 5.41) is 13.6. The van der Waals surface area contributed by atoms with E-state index in [4.69, 9.17) is 0 Å². The fourth-order valence-electron chi connectivity index (χ4n) is 4.10. The van der Waals surface area contributed by atoms with Crippen LogP contribution >= 0.6 is 0 Å². The van der Waals surface area contributed by atoms with Crippen LogP contribution in [0.15, 0.2) is 42.5 Å². The van der Waals surface area contributed by atoms with Gasteiger partial charge in [0.2, 0.25) is 11.5 Å². The van der Waals surface area contributed by atoms with E-state index in [9.17, 15) is 23.9 Å². The quantitative estimate of drug-likeness (QED) is 0.717. The lowest BCUT2D eigenvalue weighted by Crippen LogP contribution is -2.46. The third-order valence-corrected chi connectivity index (χ3v) is 5.86. The van der Waals surface area contributed by atoms with Gasteiger partial charge in [-0.2, -0.15) is 0 Å². The molecule has 0 aliphatic carbocycles. The summed E-state index contributed by atoms with van der Waals surface area (Å²) in [5.41, 5.74) is 0.717. The summed E-state index contributed by atoms with van der Waals surface area (Å²) >= 11 is 0. The normalized spacial score (nSPS) is 20.8. The number of Topliss-reactive ketones (excluding diaryl/α,β-unsaturated/α-hetero) is 1. The molecular weight excluding hydrogens is 387 g/mol. The molecule has 0 saturated carbocycles. The maximum Gasteiger partial charge on any atom is 0.266 e. The number of ketones is 1. The highest BCUT2D eigenvalue weighted by Gasteiger charge is 2.50. The minimum Gasteiger partial charge on any atom is -0.373 e. The summed E-state index contributed by atoms with van der Waals surface area (Å²) in [7, 11) is 0. The molecule has 30 heavy (non-hydrogen) atoms. The summed E-state index contributed by atoms with van der Waals surface area (Å²) < 4.78 is 13.7.